The van der Waals surface area contributed by atoms with Crippen molar-refractivity contribution in [3.05, 3.63) is 35.7 Å². The molecule has 0 bridgehead atoms. The Labute approximate surface area is 127 Å². The molecule has 1 N–H and O–H groups in total. The van der Waals surface area contributed by atoms with Crippen molar-refractivity contribution in [1.29, 1.82) is 0 Å². The summed E-state index contributed by atoms with van der Waals surface area (Å²) < 4.78 is 5.47. The lowest BCUT2D eigenvalue weighted by molar-refractivity contribution is 0.321. The zero-order chi connectivity index (χ0) is 15.2. The van der Waals surface area contributed by atoms with Gasteiger partial charge in [0.25, 0.3) is 0 Å². The maximum atomic E-state index is 5.47. The third-order valence-corrected chi connectivity index (χ3v) is 3.96. The van der Waals surface area contributed by atoms with Crippen molar-refractivity contribution in [3.8, 4) is 11.4 Å². The molecule has 0 fully saturated rings. The van der Waals surface area contributed by atoms with E-state index in [1.165, 1.54) is 5.56 Å². The molecule has 2 atom stereocenters. The van der Waals surface area contributed by atoms with Crippen molar-refractivity contribution < 1.29 is 4.52 Å². The Kier molecular flexibility index (Phi) is 5.51. The van der Waals surface area contributed by atoms with Crippen LogP contribution < -0.4 is 5.32 Å². The van der Waals surface area contributed by atoms with Gasteiger partial charge in [0.1, 0.15) is 0 Å². The highest BCUT2D eigenvalue weighted by molar-refractivity contribution is 5.54. The van der Waals surface area contributed by atoms with Crippen molar-refractivity contribution in [2.24, 2.45) is 0 Å². The Morgan fingerprint density at radius 3 is 2.43 bits per heavy atom. The Hall–Kier alpha value is -1.68. The summed E-state index contributed by atoms with van der Waals surface area (Å²) in [5, 5.41) is 7.59. The quantitative estimate of drug-likeness (QED) is 0.841. The van der Waals surface area contributed by atoms with Crippen molar-refractivity contribution in [3.63, 3.8) is 0 Å². The van der Waals surface area contributed by atoms with E-state index in [1.807, 2.05) is 0 Å². The Balaban J connectivity index is 2.16. The molecule has 0 aliphatic heterocycles. The van der Waals surface area contributed by atoms with Crippen LogP contribution in [0.15, 0.2) is 28.8 Å². The van der Waals surface area contributed by atoms with E-state index in [0.717, 1.165) is 24.9 Å². The van der Waals surface area contributed by atoms with Crippen LogP contribution >= 0.6 is 0 Å². The maximum absolute atomic E-state index is 5.47. The molecule has 21 heavy (non-hydrogen) atoms. The fourth-order valence-electron chi connectivity index (χ4n) is 2.54. The van der Waals surface area contributed by atoms with Gasteiger partial charge in [0.15, 0.2) is 0 Å². The van der Waals surface area contributed by atoms with Gasteiger partial charge < -0.3 is 9.84 Å². The summed E-state index contributed by atoms with van der Waals surface area (Å²) in [5.41, 5.74) is 2.32. The fourth-order valence-corrected chi connectivity index (χ4v) is 2.54. The average molecular weight is 287 g/mol. The Morgan fingerprint density at radius 1 is 1.14 bits per heavy atom. The molecule has 0 aliphatic rings. The maximum Gasteiger partial charge on any atom is 0.231 e. The number of hydrogen-bond acceptors (Lipinski definition) is 4. The molecular weight excluding hydrogens is 262 g/mol. The summed E-state index contributed by atoms with van der Waals surface area (Å²) in [4.78, 5) is 4.57. The number of aromatic nitrogens is 2. The second kappa shape index (κ2) is 7.36. The van der Waals surface area contributed by atoms with E-state index in [4.69, 9.17) is 4.52 Å². The number of nitrogens with zero attached hydrogens (tertiary/aromatic N) is 2. The van der Waals surface area contributed by atoms with E-state index in [9.17, 15) is 0 Å². The lowest BCUT2D eigenvalue weighted by atomic mass is 9.99. The van der Waals surface area contributed by atoms with Gasteiger partial charge in [0.2, 0.25) is 11.7 Å². The first-order valence-corrected chi connectivity index (χ1v) is 7.85. The number of likely N-dealkylation sites (N-methyl/N-ethyl adjacent to an activating group) is 1. The first kappa shape index (κ1) is 15.7. The van der Waals surface area contributed by atoms with Gasteiger partial charge in [0, 0.05) is 11.6 Å². The molecule has 114 valence electrons. The molecule has 2 rings (SSSR count). The summed E-state index contributed by atoms with van der Waals surface area (Å²) in [5.74, 6) is 1.59. The standard InChI is InChI=1S/C17H25N3O/c1-5-13-8-10-14(11-9-13)16-19-17(21-20-16)12(4)15(6-2)18-7-3/h8-12,15,18H,5-7H2,1-4H3. The molecule has 0 saturated heterocycles. The van der Waals surface area contributed by atoms with Gasteiger partial charge in [-0.15, -0.1) is 0 Å². The molecule has 4 nitrogen and oxygen atoms in total. The van der Waals surface area contributed by atoms with Crippen molar-refractivity contribution in [2.75, 3.05) is 6.54 Å². The van der Waals surface area contributed by atoms with Crippen LogP contribution in [-0.4, -0.2) is 22.7 Å². The largest absolute Gasteiger partial charge is 0.339 e. The van der Waals surface area contributed by atoms with Crippen LogP contribution in [-0.2, 0) is 6.42 Å². The summed E-state index contributed by atoms with van der Waals surface area (Å²) in [6.45, 7) is 9.51. The first-order valence-electron chi connectivity index (χ1n) is 7.85. The third kappa shape index (κ3) is 3.70. The van der Waals surface area contributed by atoms with Crippen molar-refractivity contribution in [1.82, 2.24) is 15.5 Å². The fraction of sp³-hybridized carbons (Fsp3) is 0.529. The van der Waals surface area contributed by atoms with Gasteiger partial charge in [-0.1, -0.05) is 57.1 Å². The Morgan fingerprint density at radius 2 is 1.86 bits per heavy atom. The first-order chi connectivity index (χ1) is 10.2. The van der Waals surface area contributed by atoms with Gasteiger partial charge in [-0.2, -0.15) is 4.98 Å². The lowest BCUT2D eigenvalue weighted by Gasteiger charge is -2.20. The molecule has 1 aromatic carbocycles. The number of rotatable bonds is 7. The predicted molar refractivity (Wildman–Crippen MR) is 85.3 cm³/mol. The summed E-state index contributed by atoms with van der Waals surface area (Å²) in [6.07, 6.45) is 2.08. The highest BCUT2D eigenvalue weighted by Gasteiger charge is 2.22. The molecule has 4 heteroatoms. The van der Waals surface area contributed by atoms with E-state index in [0.29, 0.717) is 17.8 Å². The molecule has 0 saturated carbocycles. The van der Waals surface area contributed by atoms with E-state index in [2.05, 4.69) is 67.4 Å². The molecule has 2 aromatic rings. The second-order valence-corrected chi connectivity index (χ2v) is 5.37. The van der Waals surface area contributed by atoms with E-state index in [1.54, 1.807) is 0 Å². The van der Waals surface area contributed by atoms with Gasteiger partial charge in [-0.3, -0.25) is 0 Å². The molecule has 0 amide bonds. The third-order valence-electron chi connectivity index (χ3n) is 3.96. The predicted octanol–water partition coefficient (Wildman–Crippen LogP) is 3.79. The Bertz CT molecular complexity index is 547. The van der Waals surface area contributed by atoms with Crippen LogP contribution in [0.2, 0.25) is 0 Å². The van der Waals surface area contributed by atoms with Gasteiger partial charge in [-0.25, -0.2) is 0 Å². The molecular formula is C17H25N3O. The summed E-state index contributed by atoms with van der Waals surface area (Å²) in [7, 11) is 0. The zero-order valence-corrected chi connectivity index (χ0v) is 13.4. The highest BCUT2D eigenvalue weighted by atomic mass is 16.5. The number of benzene rings is 1. The molecule has 0 aliphatic carbocycles. The molecule has 2 unspecified atom stereocenters. The summed E-state index contributed by atoms with van der Waals surface area (Å²) >= 11 is 0. The zero-order valence-electron chi connectivity index (χ0n) is 13.4. The molecule has 1 aromatic heterocycles. The minimum atomic E-state index is 0.214. The van der Waals surface area contributed by atoms with Crippen LogP contribution in [0.3, 0.4) is 0 Å². The van der Waals surface area contributed by atoms with Crippen LogP contribution in [0.1, 0.15) is 51.5 Å². The van der Waals surface area contributed by atoms with E-state index in [-0.39, 0.29) is 5.92 Å². The topological polar surface area (TPSA) is 51.0 Å². The molecule has 1 heterocycles. The van der Waals surface area contributed by atoms with Crippen molar-refractivity contribution in [2.45, 2.75) is 52.5 Å². The van der Waals surface area contributed by atoms with Crippen LogP contribution in [0.4, 0.5) is 0 Å². The summed E-state index contributed by atoms with van der Waals surface area (Å²) in [6, 6.07) is 8.70. The van der Waals surface area contributed by atoms with Crippen LogP contribution in [0, 0.1) is 0 Å². The molecule has 0 spiro atoms. The van der Waals surface area contributed by atoms with Crippen molar-refractivity contribution >= 4 is 0 Å². The monoisotopic (exact) mass is 287 g/mol. The SMILES string of the molecule is CCNC(CC)C(C)c1nc(-c2ccc(CC)cc2)no1. The van der Waals surface area contributed by atoms with E-state index < -0.39 is 0 Å². The van der Waals surface area contributed by atoms with E-state index >= 15 is 0 Å². The normalized spacial score (nSPS) is 14.1. The van der Waals surface area contributed by atoms with Gasteiger partial charge in [0.05, 0.1) is 5.92 Å². The minimum Gasteiger partial charge on any atom is -0.339 e. The second-order valence-electron chi connectivity index (χ2n) is 5.37. The smallest absolute Gasteiger partial charge is 0.231 e. The number of hydrogen-bond donors (Lipinski definition) is 1. The lowest BCUT2D eigenvalue weighted by Crippen LogP contribution is -2.33. The van der Waals surface area contributed by atoms with Crippen LogP contribution in [0.5, 0.6) is 0 Å². The minimum absolute atomic E-state index is 0.214. The molecule has 0 radical (unpaired) electrons. The average Bonchev–Trinajstić information content (AvgIpc) is 3.02. The van der Waals surface area contributed by atoms with Gasteiger partial charge >= 0.3 is 0 Å². The van der Waals surface area contributed by atoms with Gasteiger partial charge in [-0.05, 0) is 24.9 Å². The number of nitrogens with one attached hydrogen (secondary N) is 1. The number of aryl methyl sites for hydroxylation is 1. The van der Waals surface area contributed by atoms with Crippen LogP contribution in [0.25, 0.3) is 11.4 Å². The highest BCUT2D eigenvalue weighted by Crippen LogP contribution is 2.23.